The van der Waals surface area contributed by atoms with Gasteiger partial charge in [-0.25, -0.2) is 17.2 Å². The first kappa shape index (κ1) is 24.0. The van der Waals surface area contributed by atoms with Gasteiger partial charge in [-0.3, -0.25) is 9.69 Å². The van der Waals surface area contributed by atoms with E-state index in [1.165, 1.54) is 0 Å². The number of halogens is 2. The van der Waals surface area contributed by atoms with E-state index < -0.39 is 26.6 Å². The summed E-state index contributed by atoms with van der Waals surface area (Å²) in [6.07, 6.45) is 0.0573. The molecule has 0 aromatic heterocycles. The Balaban J connectivity index is 1.70. The minimum absolute atomic E-state index is 0.0287. The molecule has 10 heteroatoms. The first-order valence-electron chi connectivity index (χ1n) is 10.6. The molecule has 3 unspecified atom stereocenters. The third-order valence-electron chi connectivity index (χ3n) is 5.79. The van der Waals surface area contributed by atoms with Crippen molar-refractivity contribution in [3.8, 4) is 0 Å². The van der Waals surface area contributed by atoms with Gasteiger partial charge in [-0.2, -0.15) is 4.31 Å². The summed E-state index contributed by atoms with van der Waals surface area (Å²) in [5.74, 6) is -1.77. The lowest BCUT2D eigenvalue weighted by Gasteiger charge is -2.43. The van der Waals surface area contributed by atoms with Crippen LogP contribution < -0.4 is 0 Å². The molecule has 2 fully saturated rings. The van der Waals surface area contributed by atoms with Crippen LogP contribution in [0.4, 0.5) is 8.78 Å². The highest BCUT2D eigenvalue weighted by Gasteiger charge is 2.39. The van der Waals surface area contributed by atoms with Crippen molar-refractivity contribution in [1.82, 2.24) is 14.1 Å². The number of rotatable bonds is 5. The fourth-order valence-electron chi connectivity index (χ4n) is 4.46. The van der Waals surface area contributed by atoms with Gasteiger partial charge in [-0.15, -0.1) is 0 Å². The molecule has 3 atom stereocenters. The van der Waals surface area contributed by atoms with Gasteiger partial charge in [0.25, 0.3) is 0 Å². The molecule has 0 aliphatic carbocycles. The van der Waals surface area contributed by atoms with Gasteiger partial charge in [0.15, 0.2) is 0 Å². The molecule has 1 amide bonds. The van der Waals surface area contributed by atoms with Gasteiger partial charge >= 0.3 is 0 Å². The van der Waals surface area contributed by atoms with E-state index in [9.17, 15) is 22.0 Å². The van der Waals surface area contributed by atoms with Crippen molar-refractivity contribution < 1.29 is 26.7 Å². The standard InChI is InChI=1S/C21H31F2N3O4S/c1-14(2)20(25-12-15(3)30-16(4)13-25)21(27)24-7-9-26(10-8-24)31(28,29)19-11-17(22)5-6-18(19)23/h5-6,11,14-16,20H,7-10,12-13H2,1-4H3. The molecule has 0 N–H and O–H groups in total. The molecule has 3 rings (SSSR count). The second-order valence-corrected chi connectivity index (χ2v) is 10.6. The maximum absolute atomic E-state index is 14.0. The van der Waals surface area contributed by atoms with Crippen molar-refractivity contribution in [2.45, 2.75) is 50.8 Å². The van der Waals surface area contributed by atoms with E-state index in [4.69, 9.17) is 4.74 Å². The summed E-state index contributed by atoms with van der Waals surface area (Å²) in [6.45, 7) is 9.76. The number of nitrogens with zero attached hydrogens (tertiary/aromatic N) is 3. The average molecular weight is 460 g/mol. The fraction of sp³-hybridized carbons (Fsp3) is 0.667. The van der Waals surface area contributed by atoms with Crippen molar-refractivity contribution in [2.24, 2.45) is 5.92 Å². The van der Waals surface area contributed by atoms with Crippen LogP contribution in [0.3, 0.4) is 0 Å². The molecule has 2 saturated heterocycles. The van der Waals surface area contributed by atoms with Gasteiger partial charge in [0.05, 0.1) is 18.2 Å². The first-order valence-corrected chi connectivity index (χ1v) is 12.1. The highest BCUT2D eigenvalue weighted by Crippen LogP contribution is 2.24. The normalized spacial score (nSPS) is 25.1. The van der Waals surface area contributed by atoms with E-state index in [2.05, 4.69) is 4.90 Å². The third kappa shape index (κ3) is 5.24. The molecule has 1 aromatic carbocycles. The predicted octanol–water partition coefficient (Wildman–Crippen LogP) is 1.93. The Kier molecular flexibility index (Phi) is 7.35. The van der Waals surface area contributed by atoms with Crippen LogP contribution in [0.5, 0.6) is 0 Å². The highest BCUT2D eigenvalue weighted by atomic mass is 32.2. The smallest absolute Gasteiger partial charge is 0.246 e. The van der Waals surface area contributed by atoms with E-state index in [0.29, 0.717) is 19.2 Å². The molecule has 0 bridgehead atoms. The minimum Gasteiger partial charge on any atom is -0.373 e. The molecule has 0 radical (unpaired) electrons. The Morgan fingerprint density at radius 2 is 1.65 bits per heavy atom. The maximum atomic E-state index is 14.0. The Hall–Kier alpha value is -1.62. The molecule has 0 saturated carbocycles. The molecule has 2 heterocycles. The zero-order chi connectivity index (χ0) is 22.9. The van der Waals surface area contributed by atoms with Gasteiger partial charge in [0.2, 0.25) is 15.9 Å². The van der Waals surface area contributed by atoms with E-state index >= 15 is 0 Å². The van der Waals surface area contributed by atoms with Crippen molar-refractivity contribution in [1.29, 1.82) is 0 Å². The molecular formula is C21H31F2N3O4S. The van der Waals surface area contributed by atoms with Gasteiger partial charge in [-0.1, -0.05) is 13.8 Å². The number of hydrogen-bond acceptors (Lipinski definition) is 5. The minimum atomic E-state index is -4.18. The quantitative estimate of drug-likeness (QED) is 0.673. The van der Waals surface area contributed by atoms with Crippen molar-refractivity contribution >= 4 is 15.9 Å². The number of carbonyl (C=O) groups excluding carboxylic acids is 1. The maximum Gasteiger partial charge on any atom is 0.246 e. The van der Waals surface area contributed by atoms with Gasteiger partial charge in [0.1, 0.15) is 16.5 Å². The Morgan fingerprint density at radius 1 is 1.06 bits per heavy atom. The highest BCUT2D eigenvalue weighted by molar-refractivity contribution is 7.89. The van der Waals surface area contributed by atoms with Crippen molar-refractivity contribution in [3.05, 3.63) is 29.8 Å². The molecule has 2 aliphatic rings. The molecule has 174 valence electrons. The number of carbonyl (C=O) groups is 1. The molecule has 1 aromatic rings. The molecule has 0 spiro atoms. The summed E-state index contributed by atoms with van der Waals surface area (Å²) in [7, 11) is -4.18. The van der Waals surface area contributed by atoms with E-state index in [1.807, 2.05) is 27.7 Å². The van der Waals surface area contributed by atoms with Crippen LogP contribution in [0.1, 0.15) is 27.7 Å². The zero-order valence-corrected chi connectivity index (χ0v) is 19.2. The summed E-state index contributed by atoms with van der Waals surface area (Å²) in [6, 6.07) is 2.05. The summed E-state index contributed by atoms with van der Waals surface area (Å²) in [4.78, 5) is 16.5. The molecule has 2 aliphatic heterocycles. The van der Waals surface area contributed by atoms with Gasteiger partial charge in [0, 0.05) is 39.3 Å². The van der Waals surface area contributed by atoms with Crippen LogP contribution >= 0.6 is 0 Å². The second-order valence-electron chi connectivity index (χ2n) is 8.70. The molecular weight excluding hydrogens is 428 g/mol. The number of piperazine rings is 1. The average Bonchev–Trinajstić information content (AvgIpc) is 2.69. The zero-order valence-electron chi connectivity index (χ0n) is 18.4. The number of sulfonamides is 1. The molecule has 7 nitrogen and oxygen atoms in total. The van der Waals surface area contributed by atoms with E-state index in [-0.39, 0.29) is 56.3 Å². The largest absolute Gasteiger partial charge is 0.373 e. The monoisotopic (exact) mass is 459 g/mol. The summed E-state index contributed by atoms with van der Waals surface area (Å²) in [5.41, 5.74) is 0. The van der Waals surface area contributed by atoms with Gasteiger partial charge in [-0.05, 0) is 38.0 Å². The SMILES string of the molecule is CC1CN(C(C(=O)N2CCN(S(=O)(=O)c3cc(F)ccc3F)CC2)C(C)C)CC(C)O1. The number of morpholine rings is 1. The van der Waals surface area contributed by atoms with Crippen molar-refractivity contribution in [2.75, 3.05) is 39.3 Å². The summed E-state index contributed by atoms with van der Waals surface area (Å²) >= 11 is 0. The lowest BCUT2D eigenvalue weighted by Crippen LogP contribution is -2.60. The summed E-state index contributed by atoms with van der Waals surface area (Å²) in [5, 5.41) is 0. The number of hydrogen-bond donors (Lipinski definition) is 0. The number of ether oxygens (including phenoxy) is 1. The number of amides is 1. The van der Waals surface area contributed by atoms with E-state index in [0.717, 1.165) is 16.4 Å². The first-order chi connectivity index (χ1) is 14.5. The Morgan fingerprint density at radius 3 is 2.19 bits per heavy atom. The predicted molar refractivity (Wildman–Crippen MR) is 112 cm³/mol. The van der Waals surface area contributed by atoms with Crippen LogP contribution in [0.2, 0.25) is 0 Å². The topological polar surface area (TPSA) is 70.2 Å². The van der Waals surface area contributed by atoms with Crippen LogP contribution in [0.25, 0.3) is 0 Å². The van der Waals surface area contributed by atoms with Crippen molar-refractivity contribution in [3.63, 3.8) is 0 Å². The summed E-state index contributed by atoms with van der Waals surface area (Å²) < 4.78 is 60.0. The van der Waals surface area contributed by atoms with Crippen LogP contribution in [-0.4, -0.2) is 85.9 Å². The lowest BCUT2D eigenvalue weighted by molar-refractivity contribution is -0.146. The second kappa shape index (κ2) is 9.48. The van der Waals surface area contributed by atoms with Crippen LogP contribution in [0.15, 0.2) is 23.1 Å². The molecule has 31 heavy (non-hydrogen) atoms. The number of benzene rings is 1. The van der Waals surface area contributed by atoms with Gasteiger partial charge < -0.3 is 9.64 Å². The van der Waals surface area contributed by atoms with Crippen LogP contribution in [0, 0.1) is 17.6 Å². The third-order valence-corrected chi connectivity index (χ3v) is 7.70. The Bertz CT molecular complexity index is 894. The fourth-order valence-corrected chi connectivity index (χ4v) is 5.96. The van der Waals surface area contributed by atoms with E-state index in [1.54, 1.807) is 4.90 Å². The Labute approximate surface area is 183 Å². The van der Waals surface area contributed by atoms with Crippen LogP contribution in [-0.2, 0) is 19.6 Å². The lowest BCUT2D eigenvalue weighted by atomic mass is 9.98.